The van der Waals surface area contributed by atoms with Gasteiger partial charge in [0, 0.05) is 13.0 Å². The lowest BCUT2D eigenvalue weighted by Crippen LogP contribution is -2.28. The van der Waals surface area contributed by atoms with E-state index in [-0.39, 0.29) is 18.0 Å². The zero-order valence-corrected chi connectivity index (χ0v) is 8.18. The number of methoxy groups -OCH3 is 1. The lowest BCUT2D eigenvalue weighted by atomic mass is 9.82. The number of cyclic esters (lactones) is 1. The molecule has 0 unspecified atom stereocenters. The maximum absolute atomic E-state index is 11.6. The zero-order chi connectivity index (χ0) is 9.71. The van der Waals surface area contributed by atoms with E-state index in [2.05, 4.69) is 12.2 Å². The van der Waals surface area contributed by atoms with Crippen molar-refractivity contribution < 1.29 is 14.3 Å². The Morgan fingerprint density at radius 1 is 1.50 bits per heavy atom. The zero-order valence-electron chi connectivity index (χ0n) is 8.18. The Balaban J connectivity index is 1.88. The first kappa shape index (κ1) is 8.48. The van der Waals surface area contributed by atoms with Crippen molar-refractivity contribution in [3.63, 3.8) is 0 Å². The number of ether oxygens (including phenoxy) is 2. The molecule has 1 aliphatic heterocycles. The van der Waals surface area contributed by atoms with E-state index in [1.165, 1.54) is 0 Å². The second kappa shape index (κ2) is 2.83. The number of hydrogen-bond donors (Lipinski definition) is 0. The van der Waals surface area contributed by atoms with Gasteiger partial charge in [-0.1, -0.05) is 12.2 Å². The molecule has 1 heterocycles. The van der Waals surface area contributed by atoms with E-state index >= 15 is 0 Å². The maximum Gasteiger partial charge on any atom is 0.310 e. The average molecular weight is 194 g/mol. The third-order valence-electron chi connectivity index (χ3n) is 3.82. The summed E-state index contributed by atoms with van der Waals surface area (Å²) < 4.78 is 10.4. The van der Waals surface area contributed by atoms with Gasteiger partial charge < -0.3 is 9.47 Å². The summed E-state index contributed by atoms with van der Waals surface area (Å²) in [6.07, 6.45) is 5.57. The van der Waals surface area contributed by atoms with E-state index < -0.39 is 0 Å². The van der Waals surface area contributed by atoms with Crippen LogP contribution in [0.4, 0.5) is 0 Å². The molecule has 0 N–H and O–H groups in total. The van der Waals surface area contributed by atoms with Gasteiger partial charge in [-0.2, -0.15) is 0 Å². The maximum atomic E-state index is 11.6. The number of rotatable bonds is 2. The minimum absolute atomic E-state index is 0.00236. The highest BCUT2D eigenvalue weighted by Crippen LogP contribution is 2.53. The van der Waals surface area contributed by atoms with Crippen LogP contribution in [0.1, 0.15) is 6.42 Å². The molecule has 0 aromatic heterocycles. The van der Waals surface area contributed by atoms with Crippen LogP contribution in [-0.2, 0) is 14.3 Å². The molecule has 0 amide bonds. The van der Waals surface area contributed by atoms with Crippen LogP contribution in [0, 0.1) is 23.7 Å². The van der Waals surface area contributed by atoms with Gasteiger partial charge in [0.1, 0.15) is 6.10 Å². The third-order valence-corrected chi connectivity index (χ3v) is 3.82. The Labute approximate surface area is 83.1 Å². The van der Waals surface area contributed by atoms with E-state index in [9.17, 15) is 4.79 Å². The first-order chi connectivity index (χ1) is 6.81. The molecule has 2 aliphatic carbocycles. The van der Waals surface area contributed by atoms with Crippen LogP contribution in [0.15, 0.2) is 12.2 Å². The molecular formula is C11H14O3. The Kier molecular flexibility index (Phi) is 1.71. The van der Waals surface area contributed by atoms with Crippen molar-refractivity contribution >= 4 is 5.97 Å². The average Bonchev–Trinajstić information content (AvgIpc) is 2.80. The standard InChI is InChI=1S/C11H14O3/c1-13-5-8-9-6-2-3-7(4-6)10(9)11(12)14-8/h2-3,6-10H,4-5H2,1H3/t6-,7+,8+,9+,10+/m0/s1. The van der Waals surface area contributed by atoms with E-state index in [4.69, 9.17) is 9.47 Å². The lowest BCUT2D eigenvalue weighted by molar-refractivity contribution is -0.146. The molecule has 0 aromatic carbocycles. The Bertz CT molecular complexity index is 297. The molecule has 0 radical (unpaired) electrons. The highest BCUT2D eigenvalue weighted by molar-refractivity contribution is 5.77. The SMILES string of the molecule is COC[C@H]1OC(=O)[C@H]2[C@@H]1[C@H]1C=C[C@@H]2C1. The third kappa shape index (κ3) is 0.934. The molecular weight excluding hydrogens is 180 g/mol. The van der Waals surface area contributed by atoms with E-state index in [1.54, 1.807) is 7.11 Å². The number of fused-ring (bicyclic) bond motifs is 5. The Morgan fingerprint density at radius 3 is 3.07 bits per heavy atom. The fourth-order valence-electron chi connectivity index (χ4n) is 3.31. The first-order valence-corrected chi connectivity index (χ1v) is 5.19. The molecule has 2 fully saturated rings. The van der Waals surface area contributed by atoms with Crippen molar-refractivity contribution in [1.82, 2.24) is 0 Å². The number of carbonyl (C=O) groups is 1. The number of allylic oxidation sites excluding steroid dienone is 2. The van der Waals surface area contributed by atoms with E-state index in [1.807, 2.05) is 0 Å². The van der Waals surface area contributed by atoms with Gasteiger partial charge in [-0.15, -0.1) is 0 Å². The molecule has 3 heteroatoms. The molecule has 0 spiro atoms. The lowest BCUT2D eigenvalue weighted by Gasteiger charge is -2.21. The van der Waals surface area contributed by atoms with Gasteiger partial charge in [0.2, 0.25) is 0 Å². The van der Waals surface area contributed by atoms with Crippen LogP contribution < -0.4 is 0 Å². The largest absolute Gasteiger partial charge is 0.459 e. The smallest absolute Gasteiger partial charge is 0.310 e. The summed E-state index contributed by atoms with van der Waals surface area (Å²) >= 11 is 0. The molecule has 1 saturated heterocycles. The fourth-order valence-corrected chi connectivity index (χ4v) is 3.31. The first-order valence-electron chi connectivity index (χ1n) is 5.19. The highest BCUT2D eigenvalue weighted by atomic mass is 16.6. The van der Waals surface area contributed by atoms with Gasteiger partial charge in [0.05, 0.1) is 12.5 Å². The van der Waals surface area contributed by atoms with E-state index in [0.29, 0.717) is 24.4 Å². The van der Waals surface area contributed by atoms with Crippen LogP contribution in [0.2, 0.25) is 0 Å². The molecule has 3 rings (SSSR count). The molecule has 5 atom stereocenters. The molecule has 2 bridgehead atoms. The summed E-state index contributed by atoms with van der Waals surface area (Å²) in [4.78, 5) is 11.6. The van der Waals surface area contributed by atoms with Crippen molar-refractivity contribution in [3.8, 4) is 0 Å². The summed E-state index contributed by atoms with van der Waals surface area (Å²) in [5.41, 5.74) is 0. The van der Waals surface area contributed by atoms with Crippen molar-refractivity contribution in [2.45, 2.75) is 12.5 Å². The second-order valence-electron chi connectivity index (χ2n) is 4.48. The van der Waals surface area contributed by atoms with Crippen molar-refractivity contribution in [3.05, 3.63) is 12.2 Å². The van der Waals surface area contributed by atoms with Crippen LogP contribution in [0.5, 0.6) is 0 Å². The molecule has 76 valence electrons. The predicted octanol–water partition coefficient (Wildman–Crippen LogP) is 0.997. The monoisotopic (exact) mass is 194 g/mol. The Morgan fingerprint density at radius 2 is 2.29 bits per heavy atom. The van der Waals surface area contributed by atoms with Crippen LogP contribution >= 0.6 is 0 Å². The number of carbonyl (C=O) groups excluding carboxylic acids is 1. The van der Waals surface area contributed by atoms with Crippen molar-refractivity contribution in [1.29, 1.82) is 0 Å². The number of hydrogen-bond acceptors (Lipinski definition) is 3. The van der Waals surface area contributed by atoms with Crippen molar-refractivity contribution in [2.24, 2.45) is 23.7 Å². The van der Waals surface area contributed by atoms with Gasteiger partial charge in [0.15, 0.2) is 0 Å². The molecule has 3 aliphatic rings. The number of esters is 1. The molecule has 0 aromatic rings. The normalized spacial score (nSPS) is 48.4. The second-order valence-corrected chi connectivity index (χ2v) is 4.48. The van der Waals surface area contributed by atoms with Gasteiger partial charge in [-0.25, -0.2) is 0 Å². The van der Waals surface area contributed by atoms with Crippen LogP contribution in [-0.4, -0.2) is 25.8 Å². The summed E-state index contributed by atoms with van der Waals surface area (Å²) in [5, 5.41) is 0. The van der Waals surface area contributed by atoms with Gasteiger partial charge >= 0.3 is 5.97 Å². The van der Waals surface area contributed by atoms with Crippen LogP contribution in [0.25, 0.3) is 0 Å². The van der Waals surface area contributed by atoms with Gasteiger partial charge in [-0.05, 0) is 18.3 Å². The minimum atomic E-state index is -0.00565. The van der Waals surface area contributed by atoms with Gasteiger partial charge in [0.25, 0.3) is 0 Å². The van der Waals surface area contributed by atoms with Crippen LogP contribution in [0.3, 0.4) is 0 Å². The molecule has 1 saturated carbocycles. The fraction of sp³-hybridized carbons (Fsp3) is 0.727. The topological polar surface area (TPSA) is 35.5 Å². The Hall–Kier alpha value is -0.830. The van der Waals surface area contributed by atoms with E-state index in [0.717, 1.165) is 6.42 Å². The predicted molar refractivity (Wildman–Crippen MR) is 49.5 cm³/mol. The summed E-state index contributed by atoms with van der Waals surface area (Å²) in [6.45, 7) is 0.546. The van der Waals surface area contributed by atoms with Gasteiger partial charge in [-0.3, -0.25) is 4.79 Å². The highest BCUT2D eigenvalue weighted by Gasteiger charge is 2.57. The summed E-state index contributed by atoms with van der Waals surface area (Å²) in [5.74, 6) is 1.51. The molecule has 14 heavy (non-hydrogen) atoms. The molecule has 3 nitrogen and oxygen atoms in total. The summed E-state index contributed by atoms with van der Waals surface area (Å²) in [7, 11) is 1.66. The quantitative estimate of drug-likeness (QED) is 0.486. The minimum Gasteiger partial charge on any atom is -0.459 e. The summed E-state index contributed by atoms with van der Waals surface area (Å²) in [6, 6.07) is 0. The van der Waals surface area contributed by atoms with Crippen molar-refractivity contribution in [2.75, 3.05) is 13.7 Å².